The Hall–Kier alpha value is -14.2. The Balaban J connectivity index is 0.000000146. The topological polar surface area (TPSA) is 249 Å². The maximum atomic E-state index is 14.1. The van der Waals surface area contributed by atoms with E-state index < -0.39 is 17.5 Å². The van der Waals surface area contributed by atoms with Gasteiger partial charge in [0.1, 0.15) is 11.6 Å². The first-order valence-corrected chi connectivity index (χ1v) is 38.0. The van der Waals surface area contributed by atoms with E-state index in [1.807, 2.05) is 168 Å². The van der Waals surface area contributed by atoms with Gasteiger partial charge in [0.2, 0.25) is 0 Å². The summed E-state index contributed by atoms with van der Waals surface area (Å²) >= 11 is 17.8. The molecule has 0 spiro atoms. The molecule has 5 aromatic heterocycles. The minimum atomic E-state index is -0.929. The number of H-pyrrole nitrogens is 5. The molecule has 16 nitrogen and oxygen atoms in total. The minimum Gasteiger partial charge on any atom is -0.392 e. The molecule has 0 atom stereocenters. The molecule has 0 aliphatic rings. The molecule has 119 heavy (non-hydrogen) atoms. The highest BCUT2D eigenvalue weighted by molar-refractivity contribution is 6.42. The predicted octanol–water partition coefficient (Wildman–Crippen LogP) is 23.4. The summed E-state index contributed by atoms with van der Waals surface area (Å²) in [5, 5.41) is 45.6. The number of carbonyl (C=O) groups excluding carboxylic acids is 5. The van der Waals surface area contributed by atoms with Crippen LogP contribution in [0.3, 0.4) is 0 Å². The van der Waals surface area contributed by atoms with Crippen LogP contribution < -0.4 is 0 Å². The number of rotatable bonds is 21. The molecule has 0 aliphatic carbocycles. The Morgan fingerprint density at radius 1 is 0.303 bits per heavy atom. The van der Waals surface area contributed by atoms with Crippen LogP contribution in [0.2, 0.25) is 15.1 Å². The van der Waals surface area contributed by atoms with Gasteiger partial charge in [0.25, 0.3) is 0 Å². The fourth-order valence-electron chi connectivity index (χ4n) is 11.2. The van der Waals surface area contributed by atoms with Gasteiger partial charge in [-0.1, -0.05) is 208 Å². The highest BCUT2D eigenvalue weighted by atomic mass is 35.5. The number of halogens is 7. The van der Waals surface area contributed by atoms with Crippen molar-refractivity contribution in [1.29, 1.82) is 0 Å². The number of aryl methyl sites for hydroxylation is 5. The zero-order valence-corrected chi connectivity index (χ0v) is 66.9. The zero-order chi connectivity index (χ0) is 84.5. The fourth-order valence-corrected chi connectivity index (χ4v) is 11.6. The lowest BCUT2D eigenvalue weighted by atomic mass is 10.1. The van der Waals surface area contributed by atoms with E-state index in [1.165, 1.54) is 48.6 Å². The first kappa shape index (κ1) is 85.7. The second kappa shape index (κ2) is 41.4. The summed E-state index contributed by atoms with van der Waals surface area (Å²) in [6, 6.07) is 72.8. The van der Waals surface area contributed by atoms with Crippen LogP contribution in [0.15, 0.2) is 285 Å². The van der Waals surface area contributed by atoms with Crippen molar-refractivity contribution >= 4 is 94.1 Å². The van der Waals surface area contributed by atoms with Crippen molar-refractivity contribution < 1.29 is 46.6 Å². The number of nitrogens with one attached hydrogen (secondary N) is 5. The number of aliphatic hydroxyl groups is 1. The Kier molecular flexibility index (Phi) is 29.8. The number of carbonyl (C=O) groups is 5. The maximum Gasteiger partial charge on any atom is 0.185 e. The number of aliphatic hydroxyl groups excluding tert-OH is 1. The van der Waals surface area contributed by atoms with Gasteiger partial charge >= 0.3 is 0 Å². The number of aromatic amines is 5. The van der Waals surface area contributed by atoms with Crippen molar-refractivity contribution in [3.8, 4) is 56.3 Å². The summed E-state index contributed by atoms with van der Waals surface area (Å²) in [7, 11) is 0. The standard InChI is InChI=1S/C20H17FN2O2.C19H14Cl2N2O.C19H15ClN2O.C19H14F2N2O.C19H15FN2O/c1-13-2-5-15(6-3-13)20(25)9-7-16-11-19(23-22-16)17-8-4-14(12-24)10-18(17)21;1-12-2-4-13(5-3-12)19(24)9-7-15-11-18(23-22-15)14-6-8-16(20)17(21)10-14;1-13-2-4-15(5-3-13)19(23)11-10-17-12-18(22-21-17)14-6-8-16(20)9-7-14;1-12-2-4-13(5-3-12)19(24)9-7-15-11-18(23-22-15)14-6-8-16(20)17(21)10-14;1-13-2-4-15(5-3-13)19(23)11-10-17-12-18(22-21-17)14-6-8-16(20)9-7-14/h2-11,24H,12H2,1H3,(H,22,23);2-11H,1H3,(H,22,23);2-12H,1H3,(H,21,22);2-11H,1H3,(H,22,23);2-12H,1H3,(H,21,22)/b2*9-7+;11-10+;9-7+;11-10+. The third kappa shape index (κ3) is 25.2. The van der Waals surface area contributed by atoms with Crippen molar-refractivity contribution in [3.63, 3.8) is 0 Å². The maximum absolute atomic E-state index is 14.1. The molecule has 15 rings (SSSR count). The smallest absolute Gasteiger partial charge is 0.185 e. The largest absolute Gasteiger partial charge is 0.392 e. The lowest BCUT2D eigenvalue weighted by Crippen LogP contribution is -1.93. The van der Waals surface area contributed by atoms with Gasteiger partial charge in [-0.05, 0) is 210 Å². The zero-order valence-electron chi connectivity index (χ0n) is 64.6. The van der Waals surface area contributed by atoms with E-state index >= 15 is 0 Å². The molecule has 0 saturated carbocycles. The molecular weight excluding hydrogens is 1570 g/mol. The van der Waals surface area contributed by atoms with Gasteiger partial charge in [-0.25, -0.2) is 17.6 Å². The van der Waals surface area contributed by atoms with Crippen LogP contribution in [-0.4, -0.2) is 85.0 Å². The summed E-state index contributed by atoms with van der Waals surface area (Å²) < 4.78 is 53.2. The number of ketones is 5. The second-order valence-electron chi connectivity index (χ2n) is 27.1. The van der Waals surface area contributed by atoms with Gasteiger partial charge in [-0.3, -0.25) is 49.5 Å². The molecule has 5 heterocycles. The summed E-state index contributed by atoms with van der Waals surface area (Å²) in [5.41, 5.74) is 19.2. The van der Waals surface area contributed by atoms with E-state index in [2.05, 4.69) is 51.0 Å². The van der Waals surface area contributed by atoms with Crippen LogP contribution in [0, 0.1) is 57.9 Å². The number of nitrogens with zero attached hydrogens (tertiary/aromatic N) is 5. The van der Waals surface area contributed by atoms with E-state index in [-0.39, 0.29) is 41.3 Å². The molecule has 0 bridgehead atoms. The Morgan fingerprint density at radius 3 is 0.916 bits per heavy atom. The van der Waals surface area contributed by atoms with Gasteiger partial charge in [-0.15, -0.1) is 0 Å². The molecule has 0 aliphatic heterocycles. The summed E-state index contributed by atoms with van der Waals surface area (Å²) in [6.45, 7) is 9.65. The van der Waals surface area contributed by atoms with Crippen LogP contribution in [0.25, 0.3) is 86.7 Å². The first-order valence-electron chi connectivity index (χ1n) is 36.9. The van der Waals surface area contributed by atoms with Crippen molar-refractivity contribution in [2.75, 3.05) is 0 Å². The van der Waals surface area contributed by atoms with E-state index in [1.54, 1.807) is 121 Å². The third-order valence-corrected chi connectivity index (χ3v) is 18.9. The molecule has 0 unspecified atom stereocenters. The molecule has 0 saturated heterocycles. The second-order valence-corrected chi connectivity index (χ2v) is 28.4. The average Bonchev–Trinajstić information content (AvgIpc) is 1.76. The lowest BCUT2D eigenvalue weighted by Gasteiger charge is -2.01. The van der Waals surface area contributed by atoms with Gasteiger partial charge < -0.3 is 5.11 Å². The monoisotopic (exact) mass is 1640 g/mol. The molecular formula is C96H75Cl3F4N10O6. The van der Waals surface area contributed by atoms with Crippen LogP contribution in [-0.2, 0) is 6.61 Å². The van der Waals surface area contributed by atoms with Crippen molar-refractivity contribution in [2.24, 2.45) is 0 Å². The number of aromatic nitrogens is 10. The average molecular weight is 1650 g/mol. The van der Waals surface area contributed by atoms with Crippen molar-refractivity contribution in [2.45, 2.75) is 41.2 Å². The molecule has 10 aromatic carbocycles. The lowest BCUT2D eigenvalue weighted by molar-refractivity contribution is 0.103. The van der Waals surface area contributed by atoms with E-state index in [4.69, 9.17) is 39.9 Å². The number of benzene rings is 10. The van der Waals surface area contributed by atoms with Gasteiger partial charge in [-0.2, -0.15) is 25.5 Å². The number of hydrogen-bond acceptors (Lipinski definition) is 11. The normalized spacial score (nSPS) is 11.1. The molecule has 0 fully saturated rings. The Bertz CT molecular complexity index is 5900. The molecule has 0 amide bonds. The predicted molar refractivity (Wildman–Crippen MR) is 464 cm³/mol. The Labute approximate surface area is 698 Å². The number of hydrogen-bond donors (Lipinski definition) is 6. The molecule has 0 radical (unpaired) electrons. The van der Waals surface area contributed by atoms with Crippen LogP contribution in [0.5, 0.6) is 0 Å². The molecule has 6 N–H and O–H groups in total. The fraction of sp³-hybridized carbons (Fsp3) is 0.0625. The van der Waals surface area contributed by atoms with Gasteiger partial charge in [0.05, 0.1) is 73.6 Å². The van der Waals surface area contributed by atoms with E-state index in [0.717, 1.165) is 79.4 Å². The summed E-state index contributed by atoms with van der Waals surface area (Å²) in [6.07, 6.45) is 15.8. The summed E-state index contributed by atoms with van der Waals surface area (Å²) in [5.74, 6) is -2.97. The quantitative estimate of drug-likeness (QED) is 0.0224. The highest BCUT2D eigenvalue weighted by Gasteiger charge is 2.14. The molecule has 594 valence electrons. The molecule has 15 aromatic rings. The molecule has 23 heteroatoms. The third-order valence-electron chi connectivity index (χ3n) is 17.9. The van der Waals surface area contributed by atoms with Crippen molar-refractivity contribution in [1.82, 2.24) is 51.0 Å². The van der Waals surface area contributed by atoms with Gasteiger partial charge in [0, 0.05) is 60.7 Å². The van der Waals surface area contributed by atoms with E-state index in [0.29, 0.717) is 93.7 Å². The van der Waals surface area contributed by atoms with E-state index in [9.17, 15) is 41.5 Å². The summed E-state index contributed by atoms with van der Waals surface area (Å²) in [4.78, 5) is 60.5. The van der Waals surface area contributed by atoms with Crippen LogP contribution in [0.1, 0.15) is 114 Å². The SMILES string of the molecule is Cc1ccc(C(=O)/C=C/c2cc(-c3ccc(CO)cc3F)n[nH]2)cc1.Cc1ccc(C(=O)/C=C/c2cc(-c3ccc(Cl)c(Cl)c3)n[nH]2)cc1.Cc1ccc(C(=O)/C=C/c2cc(-c3ccc(Cl)cc3)n[nH]2)cc1.Cc1ccc(C(=O)/C=C/c2cc(-c3ccc(F)c(F)c3)n[nH]2)cc1.Cc1ccc(C(=O)/C=C/c2cc(-c3ccc(F)cc3)n[nH]2)cc1. The van der Waals surface area contributed by atoms with Gasteiger partial charge in [0.15, 0.2) is 40.6 Å². The first-order chi connectivity index (χ1) is 57.3. The van der Waals surface area contributed by atoms with Crippen molar-refractivity contribution in [3.05, 3.63) is 413 Å². The minimum absolute atomic E-state index is 0.0346. The van der Waals surface area contributed by atoms with Crippen LogP contribution >= 0.6 is 34.8 Å². The Morgan fingerprint density at radius 2 is 0.597 bits per heavy atom. The van der Waals surface area contributed by atoms with Crippen LogP contribution in [0.4, 0.5) is 17.6 Å². The number of allylic oxidation sites excluding steroid dienone is 5. The highest BCUT2D eigenvalue weighted by Crippen LogP contribution is 2.30.